The largest absolute Gasteiger partial charge is 0.481 e. The molecule has 18 heavy (non-hydrogen) atoms. The van der Waals surface area contributed by atoms with Crippen LogP contribution in [0.1, 0.15) is 49.8 Å². The third-order valence-corrected chi connectivity index (χ3v) is 3.05. The second kappa shape index (κ2) is 5.01. The minimum Gasteiger partial charge on any atom is -0.481 e. The van der Waals surface area contributed by atoms with E-state index in [1.165, 1.54) is 0 Å². The fourth-order valence-electron chi connectivity index (χ4n) is 2.24. The molecule has 1 atom stereocenters. The second-order valence-electron chi connectivity index (χ2n) is 6.24. The predicted octanol–water partition coefficient (Wildman–Crippen LogP) is 3.49. The van der Waals surface area contributed by atoms with Crippen LogP contribution in [0.15, 0.2) is 12.1 Å². The number of carboxylic acid groups (broad SMARTS) is 1. The molecule has 0 radical (unpaired) electrons. The first-order valence-corrected chi connectivity index (χ1v) is 6.21. The highest BCUT2D eigenvalue weighted by Gasteiger charge is 2.28. The van der Waals surface area contributed by atoms with Gasteiger partial charge in [-0.15, -0.1) is 0 Å². The average Bonchev–Trinajstić information content (AvgIpc) is 2.18. The van der Waals surface area contributed by atoms with Crippen molar-refractivity contribution in [3.05, 3.63) is 28.8 Å². The molecule has 0 saturated carbocycles. The number of benzene rings is 1. The van der Waals surface area contributed by atoms with E-state index in [2.05, 4.69) is 0 Å². The Hall–Kier alpha value is -1.51. The van der Waals surface area contributed by atoms with Crippen LogP contribution in [0, 0.1) is 19.3 Å². The van der Waals surface area contributed by atoms with Crippen molar-refractivity contribution in [2.45, 2.75) is 47.0 Å². The van der Waals surface area contributed by atoms with Crippen molar-refractivity contribution >= 4 is 11.7 Å². The van der Waals surface area contributed by atoms with Gasteiger partial charge >= 0.3 is 5.97 Å². The predicted molar refractivity (Wildman–Crippen MR) is 74.8 cm³/mol. The maximum absolute atomic E-state index is 11.5. The van der Waals surface area contributed by atoms with E-state index in [1.54, 1.807) is 0 Å². The second-order valence-corrected chi connectivity index (χ2v) is 6.24. The number of anilines is 1. The molecule has 1 rings (SSSR count). The molecule has 3 N–H and O–H groups in total. The molecule has 1 aromatic rings. The topological polar surface area (TPSA) is 63.3 Å². The molecule has 0 saturated heterocycles. The lowest BCUT2D eigenvalue weighted by Gasteiger charge is -2.25. The van der Waals surface area contributed by atoms with Gasteiger partial charge in [0.2, 0.25) is 0 Å². The van der Waals surface area contributed by atoms with E-state index in [1.807, 2.05) is 46.8 Å². The Balaban J connectivity index is 3.26. The van der Waals surface area contributed by atoms with Gasteiger partial charge in [0.05, 0.1) is 5.92 Å². The molecule has 0 bridgehead atoms. The van der Waals surface area contributed by atoms with Gasteiger partial charge in [-0.25, -0.2) is 0 Å². The van der Waals surface area contributed by atoms with E-state index >= 15 is 0 Å². The molecule has 0 aliphatic rings. The van der Waals surface area contributed by atoms with Gasteiger partial charge in [0.1, 0.15) is 0 Å². The first-order chi connectivity index (χ1) is 8.11. The molecule has 0 spiro atoms. The number of carboxylic acids is 1. The quantitative estimate of drug-likeness (QED) is 0.806. The molecule has 0 fully saturated rings. The van der Waals surface area contributed by atoms with Crippen LogP contribution in [0.5, 0.6) is 0 Å². The first kappa shape index (κ1) is 14.6. The van der Waals surface area contributed by atoms with Gasteiger partial charge < -0.3 is 10.8 Å². The van der Waals surface area contributed by atoms with Crippen LogP contribution in [0.4, 0.5) is 5.69 Å². The summed E-state index contributed by atoms with van der Waals surface area (Å²) in [4.78, 5) is 11.5. The summed E-state index contributed by atoms with van der Waals surface area (Å²) < 4.78 is 0. The van der Waals surface area contributed by atoms with Crippen LogP contribution in [0.3, 0.4) is 0 Å². The van der Waals surface area contributed by atoms with E-state index in [-0.39, 0.29) is 5.41 Å². The highest BCUT2D eigenvalue weighted by atomic mass is 16.4. The third-order valence-electron chi connectivity index (χ3n) is 3.05. The zero-order valence-corrected chi connectivity index (χ0v) is 11.9. The Morgan fingerprint density at radius 1 is 1.33 bits per heavy atom. The summed E-state index contributed by atoms with van der Waals surface area (Å²) in [5, 5.41) is 9.44. The van der Waals surface area contributed by atoms with Crippen molar-refractivity contribution in [3.8, 4) is 0 Å². The molecule has 0 aliphatic heterocycles. The number of hydrogen-bond acceptors (Lipinski definition) is 2. The van der Waals surface area contributed by atoms with Gasteiger partial charge in [-0.05, 0) is 36.8 Å². The number of nitrogens with two attached hydrogens (primary N) is 1. The van der Waals surface area contributed by atoms with Gasteiger partial charge in [0, 0.05) is 5.69 Å². The molecular weight excluding hydrogens is 226 g/mol. The van der Waals surface area contributed by atoms with Crippen LogP contribution in [-0.2, 0) is 4.79 Å². The lowest BCUT2D eigenvalue weighted by Crippen LogP contribution is -2.20. The van der Waals surface area contributed by atoms with Gasteiger partial charge in [-0.2, -0.15) is 0 Å². The van der Waals surface area contributed by atoms with Crippen LogP contribution in [0.2, 0.25) is 0 Å². The highest BCUT2D eigenvalue weighted by Crippen LogP contribution is 2.35. The van der Waals surface area contributed by atoms with Gasteiger partial charge in [0.25, 0.3) is 0 Å². The number of carbonyl (C=O) groups is 1. The molecule has 3 nitrogen and oxygen atoms in total. The summed E-state index contributed by atoms with van der Waals surface area (Å²) in [6.45, 7) is 10.0. The van der Waals surface area contributed by atoms with E-state index in [0.29, 0.717) is 12.1 Å². The third kappa shape index (κ3) is 3.49. The molecule has 0 aliphatic carbocycles. The van der Waals surface area contributed by atoms with Gasteiger partial charge in [0.15, 0.2) is 0 Å². The standard InChI is InChI=1S/C15H23NO2/c1-9-6-10(2)13(16)11(7-9)12(14(17)18)8-15(3,4)5/h6-7,12H,8,16H2,1-5H3,(H,17,18). The SMILES string of the molecule is Cc1cc(C)c(N)c(C(CC(C)(C)C)C(=O)O)c1. The van der Waals surface area contributed by atoms with Crippen LogP contribution < -0.4 is 5.73 Å². The maximum Gasteiger partial charge on any atom is 0.311 e. The Labute approximate surface area is 109 Å². The molecule has 1 unspecified atom stereocenters. The normalized spacial score (nSPS) is 13.4. The molecule has 3 heteroatoms. The zero-order valence-electron chi connectivity index (χ0n) is 11.9. The summed E-state index contributed by atoms with van der Waals surface area (Å²) in [5.74, 6) is -1.34. The van der Waals surface area contributed by atoms with Gasteiger partial charge in [-0.1, -0.05) is 38.5 Å². The Morgan fingerprint density at radius 2 is 1.89 bits per heavy atom. The first-order valence-electron chi connectivity index (χ1n) is 6.21. The molecule has 0 heterocycles. The van der Waals surface area contributed by atoms with E-state index < -0.39 is 11.9 Å². The summed E-state index contributed by atoms with van der Waals surface area (Å²) in [6, 6.07) is 3.88. The van der Waals surface area contributed by atoms with Crippen molar-refractivity contribution in [1.29, 1.82) is 0 Å². The van der Waals surface area contributed by atoms with Gasteiger partial charge in [-0.3, -0.25) is 4.79 Å². The Morgan fingerprint density at radius 3 is 2.33 bits per heavy atom. The molecule has 100 valence electrons. The number of hydrogen-bond donors (Lipinski definition) is 2. The van der Waals surface area contributed by atoms with Crippen LogP contribution >= 0.6 is 0 Å². The highest BCUT2D eigenvalue weighted by molar-refractivity contribution is 5.79. The van der Waals surface area contributed by atoms with Crippen molar-refractivity contribution < 1.29 is 9.90 Å². The van der Waals surface area contributed by atoms with Crippen LogP contribution in [0.25, 0.3) is 0 Å². The summed E-state index contributed by atoms with van der Waals surface area (Å²) >= 11 is 0. The van der Waals surface area contributed by atoms with Crippen LogP contribution in [-0.4, -0.2) is 11.1 Å². The lowest BCUT2D eigenvalue weighted by atomic mass is 9.80. The Bertz CT molecular complexity index is 458. The molecule has 1 aromatic carbocycles. The number of aliphatic carboxylic acids is 1. The minimum absolute atomic E-state index is 0.0485. The van der Waals surface area contributed by atoms with Crippen molar-refractivity contribution in [1.82, 2.24) is 0 Å². The average molecular weight is 249 g/mol. The minimum atomic E-state index is -0.804. The van der Waals surface area contributed by atoms with E-state index in [0.717, 1.165) is 16.7 Å². The van der Waals surface area contributed by atoms with E-state index in [9.17, 15) is 9.90 Å². The number of nitrogen functional groups attached to an aromatic ring is 1. The fraction of sp³-hybridized carbons (Fsp3) is 0.533. The molecular formula is C15H23NO2. The molecule has 0 amide bonds. The van der Waals surface area contributed by atoms with E-state index in [4.69, 9.17) is 5.73 Å². The Kier molecular flexibility index (Phi) is 4.05. The van der Waals surface area contributed by atoms with Crippen molar-refractivity contribution in [3.63, 3.8) is 0 Å². The number of rotatable bonds is 3. The summed E-state index contributed by atoms with van der Waals surface area (Å²) in [7, 11) is 0. The molecule has 0 aromatic heterocycles. The fourth-order valence-corrected chi connectivity index (χ4v) is 2.24. The zero-order chi connectivity index (χ0) is 14.1. The maximum atomic E-state index is 11.5. The van der Waals surface area contributed by atoms with Crippen molar-refractivity contribution in [2.24, 2.45) is 5.41 Å². The summed E-state index contributed by atoms with van der Waals surface area (Å²) in [5.41, 5.74) is 9.35. The number of aryl methyl sites for hydroxylation is 2. The van der Waals surface area contributed by atoms with Crippen molar-refractivity contribution in [2.75, 3.05) is 5.73 Å². The summed E-state index contributed by atoms with van der Waals surface area (Å²) in [6.07, 6.45) is 0.579. The lowest BCUT2D eigenvalue weighted by molar-refractivity contribution is -0.139. The monoisotopic (exact) mass is 249 g/mol. The smallest absolute Gasteiger partial charge is 0.311 e.